The molecule has 0 amide bonds. The van der Waals surface area contributed by atoms with Crippen molar-refractivity contribution in [2.75, 3.05) is 19.6 Å². The number of pyridine rings is 1. The van der Waals surface area contributed by atoms with Crippen molar-refractivity contribution in [1.29, 1.82) is 0 Å². The molecule has 5 rings (SSSR count). The van der Waals surface area contributed by atoms with E-state index in [-0.39, 0.29) is 0 Å². The standard InChI is InChI=1S/C21H30N4O/c1-4-17-5-7-19(22-9-17)12-25-11-18-6-8-20(25)13-24(10-18)14-21-15(2)23-26-16(21)3/h5,7,9,18,20H,4,6,8,10-14H2,1-3H3/t18-,20+/m0/s1. The van der Waals surface area contributed by atoms with Crippen LogP contribution < -0.4 is 0 Å². The Hall–Kier alpha value is -1.72. The second-order valence-corrected chi connectivity index (χ2v) is 8.03. The van der Waals surface area contributed by atoms with E-state index in [1.165, 1.54) is 42.8 Å². The lowest BCUT2D eigenvalue weighted by Crippen LogP contribution is -2.43. The molecule has 0 N–H and O–H groups in total. The van der Waals surface area contributed by atoms with Crippen molar-refractivity contribution < 1.29 is 4.52 Å². The Labute approximate surface area is 156 Å². The Morgan fingerprint density at radius 1 is 1.12 bits per heavy atom. The van der Waals surface area contributed by atoms with Crippen LogP contribution in [-0.2, 0) is 19.5 Å². The van der Waals surface area contributed by atoms with Gasteiger partial charge in [0.2, 0.25) is 0 Å². The van der Waals surface area contributed by atoms with Gasteiger partial charge in [-0.3, -0.25) is 14.8 Å². The van der Waals surface area contributed by atoms with Gasteiger partial charge in [0.25, 0.3) is 0 Å². The molecule has 2 aromatic rings. The van der Waals surface area contributed by atoms with Gasteiger partial charge in [-0.25, -0.2) is 0 Å². The Balaban J connectivity index is 1.44. The summed E-state index contributed by atoms with van der Waals surface area (Å²) in [5.74, 6) is 1.72. The normalized spacial score (nSPS) is 24.1. The first kappa shape index (κ1) is 17.7. The fourth-order valence-corrected chi connectivity index (χ4v) is 4.52. The van der Waals surface area contributed by atoms with E-state index < -0.39 is 0 Å². The molecule has 0 radical (unpaired) electrons. The molecule has 2 aromatic heterocycles. The number of fused-ring (bicyclic) bond motifs is 4. The molecule has 0 saturated carbocycles. The number of aromatic nitrogens is 2. The van der Waals surface area contributed by atoms with Crippen LogP contribution in [0.2, 0.25) is 0 Å². The van der Waals surface area contributed by atoms with Crippen molar-refractivity contribution in [3.05, 3.63) is 46.6 Å². The summed E-state index contributed by atoms with van der Waals surface area (Å²) in [5.41, 5.74) is 4.83. The summed E-state index contributed by atoms with van der Waals surface area (Å²) in [6, 6.07) is 5.06. The Bertz CT molecular complexity index is 719. The summed E-state index contributed by atoms with van der Waals surface area (Å²) >= 11 is 0. The van der Waals surface area contributed by atoms with Crippen LogP contribution in [0.4, 0.5) is 0 Å². The predicted molar refractivity (Wildman–Crippen MR) is 102 cm³/mol. The van der Waals surface area contributed by atoms with Crippen LogP contribution in [-0.4, -0.2) is 45.6 Å². The van der Waals surface area contributed by atoms with Gasteiger partial charge < -0.3 is 4.52 Å². The summed E-state index contributed by atoms with van der Waals surface area (Å²) < 4.78 is 5.36. The van der Waals surface area contributed by atoms with E-state index in [0.29, 0.717) is 6.04 Å². The minimum atomic E-state index is 0.627. The fourth-order valence-electron chi connectivity index (χ4n) is 4.52. The number of hydrogen-bond acceptors (Lipinski definition) is 5. The maximum Gasteiger partial charge on any atom is 0.138 e. The molecule has 0 aromatic carbocycles. The van der Waals surface area contributed by atoms with Crippen molar-refractivity contribution in [1.82, 2.24) is 19.9 Å². The average molecular weight is 354 g/mol. The van der Waals surface area contributed by atoms with E-state index in [2.05, 4.69) is 45.9 Å². The third-order valence-corrected chi connectivity index (χ3v) is 6.12. The van der Waals surface area contributed by atoms with Crippen LogP contribution in [0.1, 0.15) is 48.0 Å². The van der Waals surface area contributed by atoms with E-state index in [0.717, 1.165) is 43.4 Å². The molecular formula is C21H30N4O. The molecule has 0 spiro atoms. The average Bonchev–Trinajstić information content (AvgIpc) is 2.82. The van der Waals surface area contributed by atoms with Crippen LogP contribution in [0.3, 0.4) is 0 Å². The third-order valence-electron chi connectivity index (χ3n) is 6.12. The molecule has 2 bridgehead atoms. The second-order valence-electron chi connectivity index (χ2n) is 8.03. The first-order valence-corrected chi connectivity index (χ1v) is 9.94. The SMILES string of the molecule is CCc1ccc(CN2C[C@H]3CC[C@@H]2CN(Cc2c(C)noc2C)C3)nc1. The van der Waals surface area contributed by atoms with Crippen LogP contribution in [0, 0.1) is 19.8 Å². The molecule has 0 unspecified atom stereocenters. The topological polar surface area (TPSA) is 45.4 Å². The van der Waals surface area contributed by atoms with Gasteiger partial charge in [0.05, 0.1) is 11.4 Å². The maximum atomic E-state index is 5.36. The van der Waals surface area contributed by atoms with Gasteiger partial charge in [-0.05, 0) is 50.7 Å². The van der Waals surface area contributed by atoms with Gasteiger partial charge in [0, 0.05) is 50.5 Å². The summed E-state index contributed by atoms with van der Waals surface area (Å²) in [6.07, 6.45) is 5.74. The largest absolute Gasteiger partial charge is 0.361 e. The van der Waals surface area contributed by atoms with E-state index in [1.54, 1.807) is 0 Å². The monoisotopic (exact) mass is 354 g/mol. The third kappa shape index (κ3) is 3.69. The van der Waals surface area contributed by atoms with Gasteiger partial charge in [-0.1, -0.05) is 18.1 Å². The van der Waals surface area contributed by atoms with Crippen LogP contribution >= 0.6 is 0 Å². The minimum absolute atomic E-state index is 0.627. The highest BCUT2D eigenvalue weighted by molar-refractivity contribution is 5.20. The smallest absolute Gasteiger partial charge is 0.138 e. The molecule has 26 heavy (non-hydrogen) atoms. The predicted octanol–water partition coefficient (Wildman–Crippen LogP) is 3.35. The highest BCUT2D eigenvalue weighted by atomic mass is 16.5. The Morgan fingerprint density at radius 2 is 2.00 bits per heavy atom. The fraction of sp³-hybridized carbons (Fsp3) is 0.619. The highest BCUT2D eigenvalue weighted by Gasteiger charge is 2.35. The first-order valence-electron chi connectivity index (χ1n) is 9.94. The zero-order valence-electron chi connectivity index (χ0n) is 16.2. The molecular weight excluding hydrogens is 324 g/mol. The second kappa shape index (κ2) is 7.49. The molecule has 3 aliphatic heterocycles. The molecule has 5 nitrogen and oxygen atoms in total. The van der Waals surface area contributed by atoms with Crippen molar-refractivity contribution in [3.63, 3.8) is 0 Å². The Morgan fingerprint density at radius 3 is 2.69 bits per heavy atom. The van der Waals surface area contributed by atoms with E-state index >= 15 is 0 Å². The molecule has 140 valence electrons. The number of piperidine rings is 1. The van der Waals surface area contributed by atoms with E-state index in [9.17, 15) is 0 Å². The van der Waals surface area contributed by atoms with Crippen LogP contribution in [0.15, 0.2) is 22.9 Å². The first-order chi connectivity index (χ1) is 12.6. The number of hydrogen-bond donors (Lipinski definition) is 0. The van der Waals surface area contributed by atoms with Crippen molar-refractivity contribution in [3.8, 4) is 0 Å². The lowest BCUT2D eigenvalue weighted by Gasteiger charge is -2.36. The van der Waals surface area contributed by atoms with E-state index in [1.807, 2.05) is 13.1 Å². The molecule has 5 heteroatoms. The molecule has 2 atom stereocenters. The zero-order chi connectivity index (χ0) is 18.1. The van der Waals surface area contributed by atoms with Crippen molar-refractivity contribution in [2.45, 2.75) is 59.2 Å². The van der Waals surface area contributed by atoms with Crippen LogP contribution in [0.5, 0.6) is 0 Å². The summed E-state index contributed by atoms with van der Waals surface area (Å²) in [5, 5.41) is 4.12. The quantitative estimate of drug-likeness (QED) is 0.824. The minimum Gasteiger partial charge on any atom is -0.361 e. The lowest BCUT2D eigenvalue weighted by atomic mass is 9.95. The van der Waals surface area contributed by atoms with Gasteiger partial charge in [0.1, 0.15) is 5.76 Å². The lowest BCUT2D eigenvalue weighted by molar-refractivity contribution is 0.121. The van der Waals surface area contributed by atoms with Crippen molar-refractivity contribution in [2.24, 2.45) is 5.92 Å². The zero-order valence-corrected chi connectivity index (χ0v) is 16.2. The molecule has 5 heterocycles. The van der Waals surface area contributed by atoms with Gasteiger partial charge in [-0.2, -0.15) is 0 Å². The van der Waals surface area contributed by atoms with Gasteiger partial charge in [0.15, 0.2) is 0 Å². The van der Waals surface area contributed by atoms with Gasteiger partial charge in [-0.15, -0.1) is 0 Å². The summed E-state index contributed by atoms with van der Waals surface area (Å²) in [4.78, 5) is 9.96. The number of rotatable bonds is 5. The van der Waals surface area contributed by atoms with Crippen molar-refractivity contribution >= 4 is 0 Å². The highest BCUT2D eigenvalue weighted by Crippen LogP contribution is 2.30. The molecule has 3 aliphatic rings. The number of aryl methyl sites for hydroxylation is 3. The summed E-state index contributed by atoms with van der Waals surface area (Å²) in [6.45, 7) is 11.7. The summed E-state index contributed by atoms with van der Waals surface area (Å²) in [7, 11) is 0. The Kier molecular flexibility index (Phi) is 5.09. The van der Waals surface area contributed by atoms with Gasteiger partial charge >= 0.3 is 0 Å². The number of nitrogens with zero attached hydrogens (tertiary/aromatic N) is 4. The molecule has 0 aliphatic carbocycles. The van der Waals surface area contributed by atoms with E-state index in [4.69, 9.17) is 4.52 Å². The molecule has 3 fully saturated rings. The molecule has 3 saturated heterocycles. The van der Waals surface area contributed by atoms with Crippen LogP contribution in [0.25, 0.3) is 0 Å². The maximum absolute atomic E-state index is 5.36.